The third-order valence-corrected chi connectivity index (χ3v) is 3.75. The molecular formula is C16H14FIN2O3. The first kappa shape index (κ1) is 17.4. The Kier molecular flexibility index (Phi) is 6.05. The molecule has 120 valence electrons. The minimum Gasteiger partial charge on any atom is -0.375 e. The average Bonchev–Trinajstić information content (AvgIpc) is 2.47. The maximum Gasteiger partial charge on any atom is 0.256 e. The van der Waals surface area contributed by atoms with Gasteiger partial charge in [0.2, 0.25) is 5.91 Å². The molecule has 0 radical (unpaired) electrons. The van der Waals surface area contributed by atoms with Crippen LogP contribution in [0.25, 0.3) is 0 Å². The lowest BCUT2D eigenvalue weighted by Crippen LogP contribution is -2.17. The molecule has 2 aromatic carbocycles. The van der Waals surface area contributed by atoms with Crippen LogP contribution in [0.5, 0.6) is 0 Å². The predicted octanol–water partition coefficient (Wildman–Crippen LogP) is 3.27. The lowest BCUT2D eigenvalue weighted by atomic mass is 10.2. The molecule has 0 fully saturated rings. The fourth-order valence-corrected chi connectivity index (χ4v) is 2.60. The van der Waals surface area contributed by atoms with Gasteiger partial charge in [0.25, 0.3) is 5.91 Å². The summed E-state index contributed by atoms with van der Waals surface area (Å²) in [6, 6.07) is 10.7. The third-order valence-electron chi connectivity index (χ3n) is 2.86. The quantitative estimate of drug-likeness (QED) is 0.719. The largest absolute Gasteiger partial charge is 0.375 e. The van der Waals surface area contributed by atoms with Crippen molar-refractivity contribution >= 4 is 45.8 Å². The Balaban J connectivity index is 2.10. The van der Waals surface area contributed by atoms with E-state index in [1.165, 1.54) is 25.3 Å². The van der Waals surface area contributed by atoms with Crippen LogP contribution in [0.15, 0.2) is 42.5 Å². The number of rotatable bonds is 5. The van der Waals surface area contributed by atoms with E-state index in [4.69, 9.17) is 4.74 Å². The third kappa shape index (κ3) is 5.00. The van der Waals surface area contributed by atoms with Crippen LogP contribution in [0, 0.1) is 9.39 Å². The Hall–Kier alpha value is -2.00. The van der Waals surface area contributed by atoms with Crippen LogP contribution in [0.1, 0.15) is 10.4 Å². The standard InChI is InChI=1S/C16H14FIN2O3/c1-23-9-15(21)19-11-3-2-4-12(8-11)20-16(22)13-6-5-10(17)7-14(13)18/h2-8H,9H2,1H3,(H,19,21)(H,20,22). The summed E-state index contributed by atoms with van der Waals surface area (Å²) in [6.07, 6.45) is 0. The smallest absolute Gasteiger partial charge is 0.256 e. The number of halogens is 2. The van der Waals surface area contributed by atoms with Gasteiger partial charge >= 0.3 is 0 Å². The normalized spacial score (nSPS) is 10.2. The summed E-state index contributed by atoms with van der Waals surface area (Å²) in [7, 11) is 1.43. The molecule has 2 rings (SSSR count). The molecule has 0 saturated heterocycles. The Bertz CT molecular complexity index is 737. The summed E-state index contributed by atoms with van der Waals surface area (Å²) in [4.78, 5) is 23.7. The number of methoxy groups -OCH3 is 1. The Morgan fingerprint density at radius 3 is 2.48 bits per heavy atom. The van der Waals surface area contributed by atoms with Crippen LogP contribution < -0.4 is 10.6 Å². The van der Waals surface area contributed by atoms with E-state index < -0.39 is 5.82 Å². The van der Waals surface area contributed by atoms with Crippen LogP contribution >= 0.6 is 22.6 Å². The molecule has 0 bridgehead atoms. The average molecular weight is 428 g/mol. The monoisotopic (exact) mass is 428 g/mol. The van der Waals surface area contributed by atoms with E-state index in [0.717, 1.165) is 0 Å². The fraction of sp³-hybridized carbons (Fsp3) is 0.125. The Labute approximate surface area is 146 Å². The summed E-state index contributed by atoms with van der Waals surface area (Å²) < 4.78 is 18.3. The molecule has 0 heterocycles. The van der Waals surface area contributed by atoms with Crippen LogP contribution in [0.4, 0.5) is 15.8 Å². The molecular weight excluding hydrogens is 414 g/mol. The number of nitrogens with one attached hydrogen (secondary N) is 2. The summed E-state index contributed by atoms with van der Waals surface area (Å²) in [6.45, 7) is -0.0512. The molecule has 0 atom stereocenters. The van der Waals surface area contributed by atoms with Gasteiger partial charge < -0.3 is 15.4 Å². The molecule has 23 heavy (non-hydrogen) atoms. The number of carbonyl (C=O) groups excluding carboxylic acids is 2. The minimum absolute atomic E-state index is 0.0512. The van der Waals surface area contributed by atoms with Crippen molar-refractivity contribution in [1.82, 2.24) is 0 Å². The zero-order valence-electron chi connectivity index (χ0n) is 12.2. The van der Waals surface area contributed by atoms with Crippen molar-refractivity contribution < 1.29 is 18.7 Å². The Morgan fingerprint density at radius 1 is 1.13 bits per heavy atom. The van der Waals surface area contributed by atoms with Crippen LogP contribution in [-0.2, 0) is 9.53 Å². The number of carbonyl (C=O) groups is 2. The molecule has 0 aromatic heterocycles. The molecule has 0 unspecified atom stereocenters. The first-order valence-corrected chi connectivity index (χ1v) is 7.72. The summed E-state index contributed by atoms with van der Waals surface area (Å²) in [5, 5.41) is 5.36. The molecule has 0 saturated carbocycles. The van der Waals surface area contributed by atoms with Crippen molar-refractivity contribution in [2.75, 3.05) is 24.4 Å². The second-order valence-corrected chi connectivity index (χ2v) is 5.80. The van der Waals surface area contributed by atoms with E-state index in [-0.39, 0.29) is 18.4 Å². The van der Waals surface area contributed by atoms with E-state index in [1.807, 2.05) is 22.6 Å². The lowest BCUT2D eigenvalue weighted by Gasteiger charge is -2.09. The minimum atomic E-state index is -0.395. The molecule has 2 N–H and O–H groups in total. The molecule has 5 nitrogen and oxygen atoms in total. The van der Waals surface area contributed by atoms with Crippen molar-refractivity contribution in [2.45, 2.75) is 0 Å². The highest BCUT2D eigenvalue weighted by molar-refractivity contribution is 14.1. The molecule has 2 amide bonds. The summed E-state index contributed by atoms with van der Waals surface area (Å²) in [5.41, 5.74) is 1.44. The molecule has 2 aromatic rings. The zero-order valence-corrected chi connectivity index (χ0v) is 14.4. The van der Waals surface area contributed by atoms with Gasteiger partial charge in [0.05, 0.1) is 5.56 Å². The van der Waals surface area contributed by atoms with Crippen molar-refractivity contribution in [1.29, 1.82) is 0 Å². The van der Waals surface area contributed by atoms with Gasteiger partial charge in [-0.1, -0.05) is 6.07 Å². The number of hydrogen-bond donors (Lipinski definition) is 2. The highest BCUT2D eigenvalue weighted by Gasteiger charge is 2.11. The highest BCUT2D eigenvalue weighted by Crippen LogP contribution is 2.19. The maximum absolute atomic E-state index is 13.1. The topological polar surface area (TPSA) is 67.4 Å². The van der Waals surface area contributed by atoms with Gasteiger partial charge in [-0.05, 0) is 59.0 Å². The molecule has 7 heteroatoms. The van der Waals surface area contributed by atoms with Gasteiger partial charge in [-0.25, -0.2) is 4.39 Å². The molecule has 0 aliphatic carbocycles. The molecule has 0 aliphatic heterocycles. The first-order valence-electron chi connectivity index (χ1n) is 6.65. The van der Waals surface area contributed by atoms with Crippen molar-refractivity contribution in [3.8, 4) is 0 Å². The second kappa shape index (κ2) is 8.02. The Morgan fingerprint density at radius 2 is 1.83 bits per heavy atom. The van der Waals surface area contributed by atoms with Gasteiger partial charge in [-0.2, -0.15) is 0 Å². The van der Waals surface area contributed by atoms with Gasteiger partial charge in [-0.15, -0.1) is 0 Å². The van der Waals surface area contributed by atoms with Gasteiger partial charge in [0.15, 0.2) is 0 Å². The molecule has 0 aliphatic rings. The maximum atomic E-state index is 13.1. The summed E-state index contributed by atoms with van der Waals surface area (Å²) >= 11 is 1.90. The fourth-order valence-electron chi connectivity index (χ4n) is 1.87. The van der Waals surface area contributed by atoms with Gasteiger partial charge in [0.1, 0.15) is 12.4 Å². The van der Waals surface area contributed by atoms with E-state index in [1.54, 1.807) is 24.3 Å². The highest BCUT2D eigenvalue weighted by atomic mass is 127. The first-order chi connectivity index (χ1) is 11.0. The predicted molar refractivity (Wildman–Crippen MR) is 94.0 cm³/mol. The van der Waals surface area contributed by atoms with E-state index in [0.29, 0.717) is 20.5 Å². The van der Waals surface area contributed by atoms with Crippen molar-refractivity contribution in [3.63, 3.8) is 0 Å². The van der Waals surface area contributed by atoms with E-state index >= 15 is 0 Å². The second-order valence-electron chi connectivity index (χ2n) is 4.64. The lowest BCUT2D eigenvalue weighted by molar-refractivity contribution is -0.119. The van der Waals surface area contributed by atoms with Crippen LogP contribution in [0.2, 0.25) is 0 Å². The van der Waals surface area contributed by atoms with Gasteiger partial charge in [-0.3, -0.25) is 9.59 Å². The van der Waals surface area contributed by atoms with Crippen molar-refractivity contribution in [2.24, 2.45) is 0 Å². The molecule has 0 spiro atoms. The van der Waals surface area contributed by atoms with E-state index in [9.17, 15) is 14.0 Å². The number of anilines is 2. The SMILES string of the molecule is COCC(=O)Nc1cccc(NC(=O)c2ccc(F)cc2I)c1. The van der Waals surface area contributed by atoms with Gasteiger partial charge in [0, 0.05) is 22.1 Å². The zero-order chi connectivity index (χ0) is 16.8. The summed E-state index contributed by atoms with van der Waals surface area (Å²) in [5.74, 6) is -1.03. The van der Waals surface area contributed by atoms with Crippen LogP contribution in [0.3, 0.4) is 0 Å². The van der Waals surface area contributed by atoms with E-state index in [2.05, 4.69) is 10.6 Å². The number of amides is 2. The number of hydrogen-bond acceptors (Lipinski definition) is 3. The van der Waals surface area contributed by atoms with Crippen molar-refractivity contribution in [3.05, 3.63) is 57.4 Å². The number of ether oxygens (including phenoxy) is 1. The van der Waals surface area contributed by atoms with Crippen LogP contribution in [-0.4, -0.2) is 25.5 Å². The number of benzene rings is 2.